The van der Waals surface area contributed by atoms with Crippen LogP contribution in [0.3, 0.4) is 0 Å². The number of aryl methyl sites for hydroxylation is 2. The maximum Gasteiger partial charge on any atom is 0.470 e. The summed E-state index contributed by atoms with van der Waals surface area (Å²) in [5.41, 5.74) is 2.30. The molecule has 2 rings (SSSR count). The molecule has 4 nitrogen and oxygen atoms in total. The Morgan fingerprint density at radius 1 is 0.957 bits per heavy atom. The minimum Gasteiger partial charge on any atom is -0.303 e. The summed E-state index contributed by atoms with van der Waals surface area (Å²) in [5.74, 6) is 0. The normalized spacial score (nSPS) is 12.4. The van der Waals surface area contributed by atoms with Gasteiger partial charge in [0.25, 0.3) is 0 Å². The van der Waals surface area contributed by atoms with Crippen molar-refractivity contribution < 1.29 is 18.9 Å². The Hall–Kier alpha value is -1.45. The summed E-state index contributed by atoms with van der Waals surface area (Å²) in [6.45, 7) is 5.84. The predicted molar refractivity (Wildman–Crippen MR) is 91.2 cm³/mol. The minimum absolute atomic E-state index is 0.480. The molecule has 2 aromatic carbocycles. The topological polar surface area (TPSA) is 66.8 Å². The van der Waals surface area contributed by atoms with Crippen molar-refractivity contribution in [3.63, 3.8) is 0 Å². The van der Waals surface area contributed by atoms with Gasteiger partial charge in [-0.05, 0) is 42.5 Å². The van der Waals surface area contributed by atoms with E-state index in [1.54, 1.807) is 0 Å². The zero-order valence-corrected chi connectivity index (χ0v) is 14.6. The Labute approximate surface area is 137 Å². The summed E-state index contributed by atoms with van der Waals surface area (Å²) in [7, 11) is -4.69. The molecule has 5 heteroatoms. The Morgan fingerprint density at radius 3 is 1.74 bits per heavy atom. The van der Waals surface area contributed by atoms with Gasteiger partial charge in [-0.1, -0.05) is 61.9 Å². The molecule has 23 heavy (non-hydrogen) atoms. The number of rotatable bonds is 6. The maximum atomic E-state index is 11.8. The lowest BCUT2D eigenvalue weighted by Gasteiger charge is -2.36. The van der Waals surface area contributed by atoms with E-state index in [-0.39, 0.29) is 0 Å². The Bertz CT molecular complexity index is 675. The summed E-state index contributed by atoms with van der Waals surface area (Å²) in [5, 5.41) is 0. The van der Waals surface area contributed by atoms with Gasteiger partial charge in [-0.25, -0.2) is 4.57 Å². The fourth-order valence-corrected chi connectivity index (χ4v) is 3.86. The lowest BCUT2D eigenvalue weighted by atomic mass is 9.79. The number of benzene rings is 2. The third-order valence-electron chi connectivity index (χ3n) is 4.04. The van der Waals surface area contributed by atoms with E-state index >= 15 is 0 Å². The first-order valence-electron chi connectivity index (χ1n) is 7.68. The van der Waals surface area contributed by atoms with Gasteiger partial charge in [0, 0.05) is 0 Å². The second kappa shape index (κ2) is 6.98. The number of phosphoric acid groups is 1. The smallest absolute Gasteiger partial charge is 0.303 e. The molecule has 0 spiro atoms. The highest BCUT2D eigenvalue weighted by molar-refractivity contribution is 7.46. The number of phosphoric ester groups is 1. The fourth-order valence-electron chi connectivity index (χ4n) is 3.17. The Morgan fingerprint density at radius 2 is 1.39 bits per heavy atom. The molecule has 0 saturated carbocycles. The molecule has 2 aromatic rings. The standard InChI is InChI=1S/C18H23O4P/c1-4-13-18(22-23(19,20)21,16-11-7-5-9-14(16)2)17-12-8-6-10-15(17)3/h5-12H,4,13H2,1-3H3,(H2,19,20,21). The van der Waals surface area contributed by atoms with Crippen molar-refractivity contribution in [2.24, 2.45) is 0 Å². The summed E-state index contributed by atoms with van der Waals surface area (Å²) < 4.78 is 17.2. The molecule has 124 valence electrons. The van der Waals surface area contributed by atoms with Crippen molar-refractivity contribution in [1.29, 1.82) is 0 Å². The van der Waals surface area contributed by atoms with Gasteiger partial charge < -0.3 is 9.79 Å². The Balaban J connectivity index is 2.78. The molecule has 0 heterocycles. The van der Waals surface area contributed by atoms with Gasteiger partial charge >= 0.3 is 7.82 Å². The second-order valence-corrected chi connectivity index (χ2v) is 6.95. The van der Waals surface area contributed by atoms with Gasteiger partial charge in [-0.15, -0.1) is 0 Å². The molecular weight excluding hydrogens is 311 g/mol. The molecule has 0 aliphatic carbocycles. The van der Waals surface area contributed by atoms with Gasteiger partial charge in [-0.2, -0.15) is 0 Å². The van der Waals surface area contributed by atoms with Crippen molar-refractivity contribution in [3.8, 4) is 0 Å². The first-order chi connectivity index (χ1) is 10.8. The third-order valence-corrected chi connectivity index (χ3v) is 4.59. The lowest BCUT2D eigenvalue weighted by molar-refractivity contribution is 0.0559. The van der Waals surface area contributed by atoms with E-state index in [9.17, 15) is 14.4 Å². The van der Waals surface area contributed by atoms with E-state index in [2.05, 4.69) is 0 Å². The van der Waals surface area contributed by atoms with Crippen LogP contribution in [0.2, 0.25) is 0 Å². The van der Waals surface area contributed by atoms with E-state index < -0.39 is 13.4 Å². The van der Waals surface area contributed by atoms with Crippen LogP contribution in [0.1, 0.15) is 42.0 Å². The third kappa shape index (κ3) is 3.91. The molecule has 0 aromatic heterocycles. The SMILES string of the molecule is CCCC(OP(=O)(O)O)(c1ccccc1C)c1ccccc1C. The summed E-state index contributed by atoms with van der Waals surface area (Å²) in [6, 6.07) is 15.2. The molecule has 0 saturated heterocycles. The van der Waals surface area contributed by atoms with Gasteiger partial charge in [0.15, 0.2) is 0 Å². The molecular formula is C18H23O4P. The highest BCUT2D eigenvalue weighted by atomic mass is 31.2. The maximum absolute atomic E-state index is 11.8. The van der Waals surface area contributed by atoms with Crippen LogP contribution in [-0.2, 0) is 14.7 Å². The van der Waals surface area contributed by atoms with Crippen molar-refractivity contribution >= 4 is 7.82 Å². The van der Waals surface area contributed by atoms with E-state index in [0.717, 1.165) is 28.7 Å². The van der Waals surface area contributed by atoms with E-state index in [1.807, 2.05) is 69.3 Å². The largest absolute Gasteiger partial charge is 0.470 e. The van der Waals surface area contributed by atoms with Crippen LogP contribution < -0.4 is 0 Å². The first-order valence-corrected chi connectivity index (χ1v) is 9.21. The number of hydrogen-bond acceptors (Lipinski definition) is 2. The predicted octanol–water partition coefficient (Wildman–Crippen LogP) is 4.46. The molecule has 0 atom stereocenters. The van der Waals surface area contributed by atoms with Crippen LogP contribution in [0.15, 0.2) is 48.5 Å². The highest BCUT2D eigenvalue weighted by Crippen LogP contribution is 2.52. The van der Waals surface area contributed by atoms with Crippen LogP contribution in [0.25, 0.3) is 0 Å². The fraction of sp³-hybridized carbons (Fsp3) is 0.333. The van der Waals surface area contributed by atoms with Crippen molar-refractivity contribution in [1.82, 2.24) is 0 Å². The molecule has 0 fully saturated rings. The average Bonchev–Trinajstić information content (AvgIpc) is 2.46. The molecule has 0 aliphatic rings. The molecule has 0 aliphatic heterocycles. The first kappa shape index (κ1) is 17.9. The summed E-state index contributed by atoms with van der Waals surface area (Å²) in [4.78, 5) is 19.1. The van der Waals surface area contributed by atoms with E-state index in [0.29, 0.717) is 6.42 Å². The quantitative estimate of drug-likeness (QED) is 0.766. The highest BCUT2D eigenvalue weighted by Gasteiger charge is 2.42. The monoisotopic (exact) mass is 334 g/mol. The van der Waals surface area contributed by atoms with Gasteiger partial charge in [-0.3, -0.25) is 4.52 Å². The Kier molecular flexibility index (Phi) is 5.43. The van der Waals surface area contributed by atoms with Crippen LogP contribution in [0.4, 0.5) is 0 Å². The van der Waals surface area contributed by atoms with Crippen molar-refractivity contribution in [2.75, 3.05) is 0 Å². The zero-order chi connectivity index (χ0) is 17.1. The van der Waals surface area contributed by atoms with Gasteiger partial charge in [0.1, 0.15) is 5.60 Å². The molecule has 0 bridgehead atoms. The zero-order valence-electron chi connectivity index (χ0n) is 13.7. The van der Waals surface area contributed by atoms with Crippen LogP contribution in [0, 0.1) is 13.8 Å². The number of hydrogen-bond donors (Lipinski definition) is 2. The molecule has 0 unspecified atom stereocenters. The molecule has 0 amide bonds. The molecule has 0 radical (unpaired) electrons. The van der Waals surface area contributed by atoms with Crippen molar-refractivity contribution in [3.05, 3.63) is 70.8 Å². The van der Waals surface area contributed by atoms with Crippen LogP contribution >= 0.6 is 7.82 Å². The van der Waals surface area contributed by atoms with Crippen molar-refractivity contribution in [2.45, 2.75) is 39.2 Å². The molecule has 2 N–H and O–H groups in total. The average molecular weight is 334 g/mol. The minimum atomic E-state index is -4.69. The van der Waals surface area contributed by atoms with Gasteiger partial charge in [0.2, 0.25) is 0 Å². The van der Waals surface area contributed by atoms with Crippen LogP contribution in [-0.4, -0.2) is 9.79 Å². The summed E-state index contributed by atoms with van der Waals surface area (Å²) >= 11 is 0. The lowest BCUT2D eigenvalue weighted by Crippen LogP contribution is -2.32. The van der Waals surface area contributed by atoms with E-state index in [1.165, 1.54) is 0 Å². The van der Waals surface area contributed by atoms with E-state index in [4.69, 9.17) is 4.52 Å². The van der Waals surface area contributed by atoms with Gasteiger partial charge in [0.05, 0.1) is 0 Å². The van der Waals surface area contributed by atoms with Crippen LogP contribution in [0.5, 0.6) is 0 Å². The summed E-state index contributed by atoms with van der Waals surface area (Å²) in [6.07, 6.45) is 1.20. The second-order valence-electron chi connectivity index (χ2n) is 5.79.